The van der Waals surface area contributed by atoms with Gasteiger partial charge in [0.25, 0.3) is 5.91 Å². The average Bonchev–Trinajstić information content (AvgIpc) is 2.49. The molecule has 0 fully saturated rings. The smallest absolute Gasteiger partial charge is 0.257 e. The zero-order chi connectivity index (χ0) is 14.8. The Kier molecular flexibility index (Phi) is 3.60. The minimum atomic E-state index is -0.416. The Morgan fingerprint density at radius 1 is 1.29 bits per heavy atom. The second-order valence-corrected chi connectivity index (χ2v) is 5.31. The highest BCUT2D eigenvalue weighted by molar-refractivity contribution is 6.08. The van der Waals surface area contributed by atoms with E-state index in [1.165, 1.54) is 6.07 Å². The lowest BCUT2D eigenvalue weighted by molar-refractivity contribution is 0.102. The molecule has 0 saturated carbocycles. The zero-order valence-electron chi connectivity index (χ0n) is 11.9. The van der Waals surface area contributed by atoms with Crippen LogP contribution >= 0.6 is 0 Å². The molecule has 1 heterocycles. The fraction of sp³-hybridized carbons (Fsp3) is 0.235. The molecular weight excluding hydrogens is 267 g/mol. The van der Waals surface area contributed by atoms with Crippen molar-refractivity contribution in [1.82, 2.24) is 0 Å². The molecule has 4 heteroatoms. The maximum atomic E-state index is 13.8. The number of benzene rings is 2. The van der Waals surface area contributed by atoms with Gasteiger partial charge in [-0.15, -0.1) is 0 Å². The molecule has 1 aliphatic heterocycles. The first-order valence-corrected chi connectivity index (χ1v) is 7.08. The van der Waals surface area contributed by atoms with Crippen LogP contribution in [0.5, 0.6) is 0 Å². The third-order valence-corrected chi connectivity index (χ3v) is 3.69. The van der Waals surface area contributed by atoms with E-state index in [-0.39, 0.29) is 11.6 Å². The van der Waals surface area contributed by atoms with Gasteiger partial charge in [0.05, 0.1) is 16.9 Å². The first-order chi connectivity index (χ1) is 10.1. The van der Waals surface area contributed by atoms with Gasteiger partial charge in [-0.1, -0.05) is 18.2 Å². The predicted molar refractivity (Wildman–Crippen MR) is 82.3 cm³/mol. The van der Waals surface area contributed by atoms with Gasteiger partial charge in [-0.2, -0.15) is 0 Å². The molecule has 2 aromatic rings. The predicted octanol–water partition coefficient (Wildman–Crippen LogP) is 3.74. The van der Waals surface area contributed by atoms with Crippen molar-refractivity contribution in [2.75, 3.05) is 17.2 Å². The van der Waals surface area contributed by atoms with Crippen LogP contribution in [0.25, 0.3) is 0 Å². The van der Waals surface area contributed by atoms with Crippen LogP contribution in [0, 0.1) is 12.7 Å². The summed E-state index contributed by atoms with van der Waals surface area (Å²) in [5, 5.41) is 5.92. The summed E-state index contributed by atoms with van der Waals surface area (Å²) in [6, 6.07) is 10.4. The van der Waals surface area contributed by atoms with Crippen LogP contribution in [-0.4, -0.2) is 12.5 Å². The fourth-order valence-corrected chi connectivity index (χ4v) is 2.61. The van der Waals surface area contributed by atoms with E-state index in [1.807, 2.05) is 19.1 Å². The number of hydrogen-bond donors (Lipinski definition) is 2. The summed E-state index contributed by atoms with van der Waals surface area (Å²) in [5.41, 5.74) is 3.60. The van der Waals surface area contributed by atoms with E-state index in [0.29, 0.717) is 5.56 Å². The van der Waals surface area contributed by atoms with Crippen LogP contribution in [0.3, 0.4) is 0 Å². The molecule has 0 bridgehead atoms. The number of anilines is 2. The Morgan fingerprint density at radius 2 is 2.14 bits per heavy atom. The number of para-hydroxylation sites is 1. The number of halogens is 1. The van der Waals surface area contributed by atoms with Crippen molar-refractivity contribution >= 4 is 17.3 Å². The Labute approximate surface area is 123 Å². The molecule has 2 N–H and O–H groups in total. The molecule has 1 aliphatic rings. The SMILES string of the molecule is Cc1ccc(NC(=O)c2cccc3c2NCCC3)c(F)c1. The van der Waals surface area contributed by atoms with Crippen molar-refractivity contribution < 1.29 is 9.18 Å². The van der Waals surface area contributed by atoms with Gasteiger partial charge in [0.1, 0.15) is 5.82 Å². The zero-order valence-corrected chi connectivity index (χ0v) is 11.9. The quantitative estimate of drug-likeness (QED) is 0.882. The topological polar surface area (TPSA) is 41.1 Å². The lowest BCUT2D eigenvalue weighted by atomic mass is 9.99. The van der Waals surface area contributed by atoms with Crippen LogP contribution < -0.4 is 10.6 Å². The first kappa shape index (κ1) is 13.6. The van der Waals surface area contributed by atoms with Crippen LogP contribution in [0.4, 0.5) is 15.8 Å². The number of fused-ring (bicyclic) bond motifs is 1. The van der Waals surface area contributed by atoms with Crippen molar-refractivity contribution in [2.24, 2.45) is 0 Å². The largest absolute Gasteiger partial charge is 0.384 e. The summed E-state index contributed by atoms with van der Waals surface area (Å²) < 4.78 is 13.8. The Balaban J connectivity index is 1.89. The van der Waals surface area contributed by atoms with E-state index in [9.17, 15) is 9.18 Å². The second kappa shape index (κ2) is 5.56. The molecule has 0 saturated heterocycles. The summed E-state index contributed by atoms with van der Waals surface area (Å²) in [7, 11) is 0. The van der Waals surface area contributed by atoms with Crippen molar-refractivity contribution in [3.8, 4) is 0 Å². The summed E-state index contributed by atoms with van der Waals surface area (Å²) in [5.74, 6) is -0.704. The maximum absolute atomic E-state index is 13.8. The van der Waals surface area contributed by atoms with Crippen molar-refractivity contribution in [3.63, 3.8) is 0 Å². The molecule has 1 amide bonds. The van der Waals surface area contributed by atoms with Crippen molar-refractivity contribution in [1.29, 1.82) is 0 Å². The van der Waals surface area contributed by atoms with E-state index in [1.54, 1.807) is 18.2 Å². The first-order valence-electron chi connectivity index (χ1n) is 7.08. The van der Waals surface area contributed by atoms with E-state index in [4.69, 9.17) is 0 Å². The van der Waals surface area contributed by atoms with E-state index in [2.05, 4.69) is 10.6 Å². The monoisotopic (exact) mass is 284 g/mol. The highest BCUT2D eigenvalue weighted by atomic mass is 19.1. The maximum Gasteiger partial charge on any atom is 0.257 e. The average molecular weight is 284 g/mol. The molecule has 0 aromatic heterocycles. The number of aryl methyl sites for hydroxylation is 2. The third kappa shape index (κ3) is 2.75. The summed E-state index contributed by atoms with van der Waals surface area (Å²) >= 11 is 0. The molecule has 0 unspecified atom stereocenters. The molecule has 0 atom stereocenters. The number of amides is 1. The Bertz CT molecular complexity index is 697. The van der Waals surface area contributed by atoms with Gasteiger partial charge in [-0.25, -0.2) is 4.39 Å². The molecule has 3 nitrogen and oxygen atoms in total. The van der Waals surface area contributed by atoms with Gasteiger partial charge in [0.15, 0.2) is 0 Å². The number of carbonyl (C=O) groups excluding carboxylic acids is 1. The molecule has 3 rings (SSSR count). The minimum absolute atomic E-state index is 0.207. The minimum Gasteiger partial charge on any atom is -0.384 e. The van der Waals surface area contributed by atoms with Crippen LogP contribution in [-0.2, 0) is 6.42 Å². The molecule has 21 heavy (non-hydrogen) atoms. The van der Waals surface area contributed by atoms with E-state index < -0.39 is 5.82 Å². The standard InChI is InChI=1S/C17H17FN2O/c1-11-7-8-15(14(18)10-11)20-17(21)13-6-2-4-12-5-3-9-19-16(12)13/h2,4,6-8,10,19H,3,5,9H2,1H3,(H,20,21). The second-order valence-electron chi connectivity index (χ2n) is 5.31. The van der Waals surface area contributed by atoms with Crippen LogP contribution in [0.15, 0.2) is 36.4 Å². The van der Waals surface area contributed by atoms with Gasteiger partial charge in [-0.3, -0.25) is 4.79 Å². The molecule has 0 radical (unpaired) electrons. The summed E-state index contributed by atoms with van der Waals surface area (Å²) in [4.78, 5) is 12.4. The summed E-state index contributed by atoms with van der Waals surface area (Å²) in [6.07, 6.45) is 2.02. The van der Waals surface area contributed by atoms with E-state index >= 15 is 0 Å². The highest BCUT2D eigenvalue weighted by Gasteiger charge is 2.18. The Morgan fingerprint density at radius 3 is 2.95 bits per heavy atom. The van der Waals surface area contributed by atoms with Gasteiger partial charge in [0, 0.05) is 6.54 Å². The van der Waals surface area contributed by atoms with Gasteiger partial charge >= 0.3 is 0 Å². The number of carbonyl (C=O) groups is 1. The third-order valence-electron chi connectivity index (χ3n) is 3.69. The molecule has 108 valence electrons. The van der Waals surface area contributed by atoms with E-state index in [0.717, 1.165) is 36.2 Å². The van der Waals surface area contributed by atoms with Gasteiger partial charge < -0.3 is 10.6 Å². The molecular formula is C17H17FN2O. The van der Waals surface area contributed by atoms with Gasteiger partial charge in [0.2, 0.25) is 0 Å². The Hall–Kier alpha value is -2.36. The van der Waals surface area contributed by atoms with Crippen molar-refractivity contribution in [3.05, 3.63) is 58.9 Å². The highest BCUT2D eigenvalue weighted by Crippen LogP contribution is 2.27. The molecule has 0 spiro atoms. The van der Waals surface area contributed by atoms with Crippen molar-refractivity contribution in [2.45, 2.75) is 19.8 Å². The number of nitrogens with one attached hydrogen (secondary N) is 2. The van der Waals surface area contributed by atoms with Gasteiger partial charge in [-0.05, 0) is 49.1 Å². The van der Waals surface area contributed by atoms with Crippen LogP contribution in [0.1, 0.15) is 27.9 Å². The lowest BCUT2D eigenvalue weighted by Gasteiger charge is -2.20. The molecule has 0 aliphatic carbocycles. The number of rotatable bonds is 2. The normalized spacial score (nSPS) is 13.2. The number of hydrogen-bond acceptors (Lipinski definition) is 2. The fourth-order valence-electron chi connectivity index (χ4n) is 2.61. The lowest BCUT2D eigenvalue weighted by Crippen LogP contribution is -2.19. The van der Waals surface area contributed by atoms with Crippen LogP contribution in [0.2, 0.25) is 0 Å². The summed E-state index contributed by atoms with van der Waals surface area (Å²) in [6.45, 7) is 2.67. The molecule has 2 aromatic carbocycles.